The molecular formula is C16H20N4O. The Labute approximate surface area is 124 Å². The van der Waals surface area contributed by atoms with Crippen molar-refractivity contribution < 1.29 is 4.52 Å². The lowest BCUT2D eigenvalue weighted by Crippen LogP contribution is -2.24. The van der Waals surface area contributed by atoms with E-state index in [0.717, 1.165) is 37.7 Å². The first-order valence-corrected chi connectivity index (χ1v) is 7.82. The quantitative estimate of drug-likeness (QED) is 0.919. The fourth-order valence-corrected chi connectivity index (χ4v) is 3.16. The Hall–Kier alpha value is -1.88. The van der Waals surface area contributed by atoms with Crippen molar-refractivity contribution >= 4 is 5.95 Å². The van der Waals surface area contributed by atoms with E-state index >= 15 is 0 Å². The molecule has 1 fully saturated rings. The first kappa shape index (κ1) is 12.8. The van der Waals surface area contributed by atoms with Crippen LogP contribution in [-0.2, 0) is 13.1 Å². The maximum atomic E-state index is 5.48. The molecule has 1 saturated heterocycles. The van der Waals surface area contributed by atoms with E-state index in [4.69, 9.17) is 4.52 Å². The van der Waals surface area contributed by atoms with E-state index in [1.165, 1.54) is 36.8 Å². The first-order valence-electron chi connectivity index (χ1n) is 7.82. The van der Waals surface area contributed by atoms with Crippen LogP contribution in [0, 0.1) is 0 Å². The summed E-state index contributed by atoms with van der Waals surface area (Å²) in [6, 6.07) is 6.39. The van der Waals surface area contributed by atoms with Crippen molar-refractivity contribution in [3.05, 3.63) is 29.3 Å². The van der Waals surface area contributed by atoms with E-state index in [-0.39, 0.29) is 0 Å². The van der Waals surface area contributed by atoms with Gasteiger partial charge in [0, 0.05) is 31.7 Å². The molecule has 4 rings (SSSR count). The van der Waals surface area contributed by atoms with Crippen molar-refractivity contribution in [1.82, 2.24) is 15.5 Å². The normalized spacial score (nSPS) is 18.6. The van der Waals surface area contributed by atoms with Crippen molar-refractivity contribution in [3.63, 3.8) is 0 Å². The lowest BCUT2D eigenvalue weighted by molar-refractivity contribution is 0.429. The van der Waals surface area contributed by atoms with Crippen LogP contribution in [0.2, 0.25) is 0 Å². The van der Waals surface area contributed by atoms with Gasteiger partial charge in [-0.2, -0.15) is 4.98 Å². The zero-order chi connectivity index (χ0) is 14.1. The Morgan fingerprint density at radius 3 is 2.67 bits per heavy atom. The van der Waals surface area contributed by atoms with Gasteiger partial charge in [-0.1, -0.05) is 18.9 Å². The topological polar surface area (TPSA) is 54.2 Å². The largest absolute Gasteiger partial charge is 0.338 e. The monoisotopic (exact) mass is 284 g/mol. The predicted molar refractivity (Wildman–Crippen MR) is 81.0 cm³/mol. The van der Waals surface area contributed by atoms with Crippen LogP contribution in [0.4, 0.5) is 5.95 Å². The second-order valence-corrected chi connectivity index (χ2v) is 5.89. The Kier molecular flexibility index (Phi) is 3.35. The van der Waals surface area contributed by atoms with Gasteiger partial charge < -0.3 is 14.7 Å². The van der Waals surface area contributed by atoms with Crippen molar-refractivity contribution in [2.24, 2.45) is 0 Å². The summed E-state index contributed by atoms with van der Waals surface area (Å²) in [6.45, 7) is 3.95. The van der Waals surface area contributed by atoms with Gasteiger partial charge in [-0.15, -0.1) is 0 Å². The van der Waals surface area contributed by atoms with Crippen LogP contribution < -0.4 is 10.2 Å². The number of aromatic nitrogens is 2. The highest BCUT2D eigenvalue weighted by Gasteiger charge is 2.18. The second-order valence-electron chi connectivity index (χ2n) is 5.89. The molecule has 1 N–H and O–H groups in total. The molecule has 1 aromatic heterocycles. The van der Waals surface area contributed by atoms with Gasteiger partial charge in [0.05, 0.1) is 0 Å². The van der Waals surface area contributed by atoms with Crippen LogP contribution in [0.25, 0.3) is 11.5 Å². The SMILES string of the molecule is c1cc2c(cc1-c1nc(N3CCCCCC3)no1)CNC2. The Balaban J connectivity index is 1.59. The van der Waals surface area contributed by atoms with Gasteiger partial charge in [0.15, 0.2) is 0 Å². The summed E-state index contributed by atoms with van der Waals surface area (Å²) in [5.74, 6) is 1.37. The van der Waals surface area contributed by atoms with Crippen LogP contribution >= 0.6 is 0 Å². The molecule has 21 heavy (non-hydrogen) atoms. The van der Waals surface area contributed by atoms with E-state index in [0.29, 0.717) is 5.89 Å². The Morgan fingerprint density at radius 1 is 1.00 bits per heavy atom. The van der Waals surface area contributed by atoms with Gasteiger partial charge in [0.1, 0.15) is 0 Å². The third-order valence-corrected chi connectivity index (χ3v) is 4.39. The van der Waals surface area contributed by atoms with Gasteiger partial charge in [-0.05, 0) is 41.3 Å². The van der Waals surface area contributed by atoms with Gasteiger partial charge >= 0.3 is 0 Å². The zero-order valence-corrected chi connectivity index (χ0v) is 12.1. The van der Waals surface area contributed by atoms with E-state index in [9.17, 15) is 0 Å². The molecule has 3 heterocycles. The average molecular weight is 284 g/mol. The third-order valence-electron chi connectivity index (χ3n) is 4.39. The van der Waals surface area contributed by atoms with E-state index in [2.05, 4.69) is 38.6 Å². The van der Waals surface area contributed by atoms with E-state index in [1.807, 2.05) is 0 Å². The number of fused-ring (bicyclic) bond motifs is 1. The van der Waals surface area contributed by atoms with Gasteiger partial charge in [-0.3, -0.25) is 0 Å². The number of anilines is 1. The van der Waals surface area contributed by atoms with Crippen molar-refractivity contribution in [3.8, 4) is 11.5 Å². The Morgan fingerprint density at radius 2 is 1.81 bits per heavy atom. The summed E-state index contributed by atoms with van der Waals surface area (Å²) < 4.78 is 5.48. The van der Waals surface area contributed by atoms with Crippen molar-refractivity contribution in [1.29, 1.82) is 0 Å². The molecule has 110 valence electrons. The number of hydrogen-bond acceptors (Lipinski definition) is 5. The molecule has 0 radical (unpaired) electrons. The third kappa shape index (κ3) is 2.53. The molecule has 1 aromatic carbocycles. The Bertz CT molecular complexity index is 629. The lowest BCUT2D eigenvalue weighted by Gasteiger charge is -2.16. The van der Waals surface area contributed by atoms with Gasteiger partial charge in [0.25, 0.3) is 11.8 Å². The molecule has 5 nitrogen and oxygen atoms in total. The number of nitrogens with one attached hydrogen (secondary N) is 1. The fraction of sp³-hybridized carbons (Fsp3) is 0.500. The van der Waals surface area contributed by atoms with Crippen LogP contribution in [0.5, 0.6) is 0 Å². The maximum absolute atomic E-state index is 5.48. The molecule has 2 aliphatic rings. The fourth-order valence-electron chi connectivity index (χ4n) is 3.16. The number of nitrogens with zero attached hydrogens (tertiary/aromatic N) is 3. The van der Waals surface area contributed by atoms with Crippen LogP contribution in [0.3, 0.4) is 0 Å². The molecule has 0 bridgehead atoms. The number of benzene rings is 1. The van der Waals surface area contributed by atoms with Crippen molar-refractivity contribution in [2.45, 2.75) is 38.8 Å². The second kappa shape index (κ2) is 5.48. The molecule has 0 aliphatic carbocycles. The summed E-state index contributed by atoms with van der Waals surface area (Å²) in [7, 11) is 0. The summed E-state index contributed by atoms with van der Waals surface area (Å²) in [5.41, 5.74) is 3.72. The predicted octanol–water partition coefficient (Wildman–Crippen LogP) is 2.72. The van der Waals surface area contributed by atoms with Crippen LogP contribution in [-0.4, -0.2) is 23.2 Å². The molecule has 2 aromatic rings. The number of rotatable bonds is 2. The molecule has 0 saturated carbocycles. The minimum atomic E-state index is 0.629. The van der Waals surface area contributed by atoms with Gasteiger partial charge in [0.2, 0.25) is 0 Å². The smallest absolute Gasteiger partial charge is 0.266 e. The minimum Gasteiger partial charge on any atom is -0.338 e. The standard InChI is InChI=1S/C16H20N4O/c1-2-4-8-20(7-3-1)16-18-15(21-19-16)12-5-6-13-10-17-11-14(13)9-12/h5-6,9,17H,1-4,7-8,10-11H2. The van der Waals surface area contributed by atoms with Crippen LogP contribution in [0.15, 0.2) is 22.7 Å². The highest BCUT2D eigenvalue weighted by atomic mass is 16.5. The lowest BCUT2D eigenvalue weighted by atomic mass is 10.1. The minimum absolute atomic E-state index is 0.629. The molecule has 0 spiro atoms. The first-order chi connectivity index (χ1) is 10.4. The molecule has 0 atom stereocenters. The summed E-state index contributed by atoms with van der Waals surface area (Å²) >= 11 is 0. The molecule has 0 amide bonds. The maximum Gasteiger partial charge on any atom is 0.266 e. The summed E-state index contributed by atoms with van der Waals surface area (Å²) in [5, 5.41) is 7.53. The van der Waals surface area contributed by atoms with E-state index in [1.54, 1.807) is 0 Å². The molecular weight excluding hydrogens is 264 g/mol. The number of hydrogen-bond donors (Lipinski definition) is 1. The highest BCUT2D eigenvalue weighted by Crippen LogP contribution is 2.26. The molecule has 5 heteroatoms. The highest BCUT2D eigenvalue weighted by molar-refractivity contribution is 5.57. The summed E-state index contributed by atoms with van der Waals surface area (Å²) in [4.78, 5) is 6.84. The van der Waals surface area contributed by atoms with Gasteiger partial charge in [-0.25, -0.2) is 0 Å². The molecule has 0 unspecified atom stereocenters. The average Bonchev–Trinajstić information content (AvgIpc) is 3.10. The zero-order valence-electron chi connectivity index (χ0n) is 12.1. The summed E-state index contributed by atoms with van der Waals surface area (Å²) in [6.07, 6.45) is 5.04. The van der Waals surface area contributed by atoms with Crippen molar-refractivity contribution in [2.75, 3.05) is 18.0 Å². The van der Waals surface area contributed by atoms with Crippen LogP contribution in [0.1, 0.15) is 36.8 Å². The van der Waals surface area contributed by atoms with E-state index < -0.39 is 0 Å². The molecule has 2 aliphatic heterocycles.